The predicted octanol–water partition coefficient (Wildman–Crippen LogP) is 5.07. The van der Waals surface area contributed by atoms with E-state index in [2.05, 4.69) is 41.5 Å². The van der Waals surface area contributed by atoms with Gasteiger partial charge < -0.3 is 10.6 Å². The first-order valence-corrected chi connectivity index (χ1v) is 10.6. The lowest BCUT2D eigenvalue weighted by atomic mass is 9.92. The highest BCUT2D eigenvalue weighted by Crippen LogP contribution is 2.26. The van der Waals surface area contributed by atoms with Crippen molar-refractivity contribution < 1.29 is 9.59 Å². The highest BCUT2D eigenvalue weighted by Gasteiger charge is 2.22. The number of pyridine rings is 1. The molecule has 0 saturated carbocycles. The van der Waals surface area contributed by atoms with Crippen LogP contribution >= 0.6 is 0 Å². The Bertz CT molecular complexity index is 1260. The Morgan fingerprint density at radius 1 is 0.788 bits per heavy atom. The molecule has 2 amide bonds. The van der Waals surface area contributed by atoms with E-state index in [9.17, 15) is 9.59 Å². The normalized spacial score (nSPS) is 11.1. The van der Waals surface area contributed by atoms with Gasteiger partial charge in [-0.15, -0.1) is 0 Å². The number of hydrogen-bond donors (Lipinski definition) is 2. The topological polar surface area (TPSA) is 88.9 Å². The molecule has 7 nitrogen and oxygen atoms in total. The molecule has 0 saturated heterocycles. The van der Waals surface area contributed by atoms with E-state index in [1.54, 1.807) is 47.3 Å². The summed E-state index contributed by atoms with van der Waals surface area (Å²) in [5.74, 6) is 0.655. The lowest BCUT2D eigenvalue weighted by molar-refractivity contribution is 0.101. The van der Waals surface area contributed by atoms with Crippen molar-refractivity contribution >= 4 is 23.3 Å². The maximum absolute atomic E-state index is 13.0. The van der Waals surface area contributed by atoms with Gasteiger partial charge in [0.05, 0.1) is 5.69 Å². The van der Waals surface area contributed by atoms with Crippen LogP contribution in [0.1, 0.15) is 47.2 Å². The molecule has 166 valence electrons. The Kier molecular flexibility index (Phi) is 6.04. The Hall–Kier alpha value is -4.26. The van der Waals surface area contributed by atoms with Crippen LogP contribution in [0.5, 0.6) is 0 Å². The van der Waals surface area contributed by atoms with Crippen LogP contribution in [-0.4, -0.2) is 26.6 Å². The second-order valence-electron chi connectivity index (χ2n) is 8.62. The molecule has 33 heavy (non-hydrogen) atoms. The average Bonchev–Trinajstić information content (AvgIpc) is 3.25. The summed E-state index contributed by atoms with van der Waals surface area (Å²) in [6.45, 7) is 6.18. The van der Waals surface area contributed by atoms with Gasteiger partial charge in [-0.2, -0.15) is 9.78 Å². The quantitative estimate of drug-likeness (QED) is 0.454. The summed E-state index contributed by atoms with van der Waals surface area (Å²) in [4.78, 5) is 29.6. The molecule has 2 N–H and O–H groups in total. The molecule has 0 aliphatic rings. The Morgan fingerprint density at radius 2 is 1.42 bits per heavy atom. The van der Waals surface area contributed by atoms with Gasteiger partial charge in [0.25, 0.3) is 11.8 Å². The van der Waals surface area contributed by atoms with E-state index in [4.69, 9.17) is 0 Å². The maximum atomic E-state index is 13.0. The monoisotopic (exact) mass is 439 g/mol. The largest absolute Gasteiger partial charge is 0.322 e. The summed E-state index contributed by atoms with van der Waals surface area (Å²) in [5, 5.41) is 10.4. The molecular formula is C26H25N5O2. The van der Waals surface area contributed by atoms with Gasteiger partial charge in [-0.25, -0.2) is 4.98 Å². The van der Waals surface area contributed by atoms with Crippen molar-refractivity contribution in [1.29, 1.82) is 0 Å². The molecule has 0 unspecified atom stereocenters. The summed E-state index contributed by atoms with van der Waals surface area (Å²) in [5.41, 5.74) is 2.27. The smallest absolute Gasteiger partial charge is 0.256 e. The summed E-state index contributed by atoms with van der Waals surface area (Å²) < 4.78 is 1.63. The molecule has 7 heteroatoms. The van der Waals surface area contributed by atoms with Crippen molar-refractivity contribution in [2.45, 2.75) is 26.2 Å². The van der Waals surface area contributed by atoms with Gasteiger partial charge in [-0.3, -0.25) is 9.59 Å². The van der Waals surface area contributed by atoms with Gasteiger partial charge in [0.15, 0.2) is 5.82 Å². The van der Waals surface area contributed by atoms with Crippen LogP contribution in [0.4, 0.5) is 11.5 Å². The van der Waals surface area contributed by atoms with E-state index in [1.165, 1.54) is 0 Å². The average molecular weight is 440 g/mol. The van der Waals surface area contributed by atoms with E-state index < -0.39 is 0 Å². The minimum absolute atomic E-state index is 0.196. The number of hydrogen-bond acceptors (Lipinski definition) is 4. The van der Waals surface area contributed by atoms with Crippen molar-refractivity contribution in [3.05, 3.63) is 102 Å². The molecule has 4 aromatic rings. The van der Waals surface area contributed by atoms with Crippen LogP contribution in [0, 0.1) is 0 Å². The fourth-order valence-corrected chi connectivity index (χ4v) is 3.18. The summed E-state index contributed by atoms with van der Waals surface area (Å²) in [7, 11) is 0. The number of nitrogens with zero attached hydrogens (tertiary/aromatic N) is 3. The highest BCUT2D eigenvalue weighted by molar-refractivity contribution is 6.06. The number of carbonyl (C=O) groups is 2. The molecule has 0 bridgehead atoms. The van der Waals surface area contributed by atoms with Gasteiger partial charge in [0.2, 0.25) is 0 Å². The summed E-state index contributed by atoms with van der Waals surface area (Å²) >= 11 is 0. The molecule has 0 spiro atoms. The number of carbonyl (C=O) groups excluding carboxylic acids is 2. The fourth-order valence-electron chi connectivity index (χ4n) is 3.18. The van der Waals surface area contributed by atoms with E-state index in [1.807, 2.05) is 42.5 Å². The molecule has 0 fully saturated rings. The molecule has 4 rings (SSSR count). The second kappa shape index (κ2) is 9.08. The Labute approximate surface area is 192 Å². The Balaban J connectivity index is 1.52. The second-order valence-corrected chi connectivity index (χ2v) is 8.62. The van der Waals surface area contributed by atoms with Crippen LogP contribution in [0.25, 0.3) is 5.82 Å². The van der Waals surface area contributed by atoms with Crippen LogP contribution in [0.3, 0.4) is 0 Å². The van der Waals surface area contributed by atoms with Crippen LogP contribution in [0.2, 0.25) is 0 Å². The molecule has 0 aliphatic carbocycles. The maximum Gasteiger partial charge on any atom is 0.256 e. The molecule has 2 aromatic heterocycles. The van der Waals surface area contributed by atoms with Gasteiger partial charge in [0.1, 0.15) is 5.82 Å². The molecule has 2 heterocycles. The zero-order valence-electron chi connectivity index (χ0n) is 18.7. The van der Waals surface area contributed by atoms with Crippen LogP contribution in [-0.2, 0) is 5.41 Å². The standard InChI is InChI=1S/C26H25N5O2/c1-26(2,3)21-17-23(31(30-21)22-11-7-8-16-27-22)29-25(33)19-12-14-20(15-13-19)28-24(32)18-9-5-4-6-10-18/h4-17H,1-3H3,(H,28,32)(H,29,33). The minimum Gasteiger partial charge on any atom is -0.322 e. The third kappa shape index (κ3) is 5.15. The highest BCUT2D eigenvalue weighted by atomic mass is 16.2. The number of amides is 2. The van der Waals surface area contributed by atoms with Crippen LogP contribution < -0.4 is 10.6 Å². The predicted molar refractivity (Wildman–Crippen MR) is 129 cm³/mol. The fraction of sp³-hybridized carbons (Fsp3) is 0.154. The third-order valence-corrected chi connectivity index (χ3v) is 5.03. The van der Waals surface area contributed by atoms with Gasteiger partial charge in [0, 0.05) is 34.5 Å². The molecule has 0 radical (unpaired) electrons. The first-order valence-electron chi connectivity index (χ1n) is 10.6. The van der Waals surface area contributed by atoms with E-state index in [0.717, 1.165) is 5.69 Å². The lowest BCUT2D eigenvalue weighted by Crippen LogP contribution is -2.16. The van der Waals surface area contributed by atoms with Crippen molar-refractivity contribution in [2.24, 2.45) is 0 Å². The SMILES string of the molecule is CC(C)(C)c1cc(NC(=O)c2ccc(NC(=O)c3ccccc3)cc2)n(-c2ccccn2)n1. The van der Waals surface area contributed by atoms with E-state index >= 15 is 0 Å². The van der Waals surface area contributed by atoms with Gasteiger partial charge >= 0.3 is 0 Å². The zero-order chi connectivity index (χ0) is 23.4. The number of aromatic nitrogens is 3. The first-order chi connectivity index (χ1) is 15.8. The molecular weight excluding hydrogens is 414 g/mol. The molecule has 2 aromatic carbocycles. The van der Waals surface area contributed by atoms with Crippen molar-refractivity contribution in [3.63, 3.8) is 0 Å². The van der Waals surface area contributed by atoms with Gasteiger partial charge in [-0.05, 0) is 48.5 Å². The first kappa shape index (κ1) is 22.0. The summed E-state index contributed by atoms with van der Waals surface area (Å²) in [6.07, 6.45) is 1.68. The molecule has 0 atom stereocenters. The zero-order valence-corrected chi connectivity index (χ0v) is 18.7. The number of nitrogens with one attached hydrogen (secondary N) is 2. The van der Waals surface area contributed by atoms with Crippen LogP contribution in [0.15, 0.2) is 85.1 Å². The molecule has 0 aliphatic heterocycles. The number of rotatable bonds is 5. The Morgan fingerprint density at radius 3 is 2.06 bits per heavy atom. The number of benzene rings is 2. The third-order valence-electron chi connectivity index (χ3n) is 5.03. The van der Waals surface area contributed by atoms with Crippen molar-refractivity contribution in [3.8, 4) is 5.82 Å². The summed E-state index contributed by atoms with van der Waals surface area (Å²) in [6, 6.07) is 23.1. The minimum atomic E-state index is -0.284. The van der Waals surface area contributed by atoms with Crippen molar-refractivity contribution in [2.75, 3.05) is 10.6 Å². The lowest BCUT2D eigenvalue weighted by Gasteiger charge is -2.13. The van der Waals surface area contributed by atoms with Crippen molar-refractivity contribution in [1.82, 2.24) is 14.8 Å². The number of anilines is 2. The van der Waals surface area contributed by atoms with E-state index in [0.29, 0.717) is 28.5 Å². The van der Waals surface area contributed by atoms with Gasteiger partial charge in [-0.1, -0.05) is 45.0 Å². The van der Waals surface area contributed by atoms with E-state index in [-0.39, 0.29) is 17.2 Å².